The van der Waals surface area contributed by atoms with Crippen molar-refractivity contribution in [3.8, 4) is 0 Å². The minimum absolute atomic E-state index is 0.0350. The average Bonchev–Trinajstić information content (AvgIpc) is 3.36. The summed E-state index contributed by atoms with van der Waals surface area (Å²) in [6.07, 6.45) is 69.6. The van der Waals surface area contributed by atoms with Gasteiger partial charge in [-0.1, -0.05) is 281 Å². The van der Waals surface area contributed by atoms with Crippen molar-refractivity contribution in [3.05, 3.63) is 36.5 Å². The van der Waals surface area contributed by atoms with Gasteiger partial charge in [-0.05, 0) is 51.4 Å². The highest BCUT2D eigenvalue weighted by Gasteiger charge is 2.27. The lowest BCUT2D eigenvalue weighted by atomic mass is 10.0. The lowest BCUT2D eigenvalue weighted by Gasteiger charge is -2.24. The molecular formula is C64H123NO8P+. The van der Waals surface area contributed by atoms with Gasteiger partial charge >= 0.3 is 19.8 Å². The molecule has 0 fully saturated rings. The molecule has 0 bridgehead atoms. The van der Waals surface area contributed by atoms with Gasteiger partial charge in [0.25, 0.3) is 0 Å². The second-order valence-electron chi connectivity index (χ2n) is 22.8. The van der Waals surface area contributed by atoms with Gasteiger partial charge in [-0.25, -0.2) is 4.57 Å². The van der Waals surface area contributed by atoms with Gasteiger partial charge in [0, 0.05) is 12.8 Å². The second-order valence-corrected chi connectivity index (χ2v) is 24.3. The highest BCUT2D eigenvalue weighted by Crippen LogP contribution is 2.43. The Morgan fingerprint density at radius 2 is 0.730 bits per heavy atom. The van der Waals surface area contributed by atoms with E-state index in [2.05, 4.69) is 50.3 Å². The number of esters is 2. The van der Waals surface area contributed by atoms with E-state index in [0.717, 1.165) is 44.9 Å². The lowest BCUT2D eigenvalue weighted by Crippen LogP contribution is -2.37. The highest BCUT2D eigenvalue weighted by atomic mass is 31.2. The van der Waals surface area contributed by atoms with E-state index in [0.29, 0.717) is 23.9 Å². The van der Waals surface area contributed by atoms with Crippen molar-refractivity contribution in [1.29, 1.82) is 0 Å². The summed E-state index contributed by atoms with van der Waals surface area (Å²) in [4.78, 5) is 35.6. The number of carbonyl (C=O) groups is 2. The van der Waals surface area contributed by atoms with Gasteiger partial charge in [-0.3, -0.25) is 18.6 Å². The van der Waals surface area contributed by atoms with E-state index in [9.17, 15) is 19.0 Å². The number of allylic oxidation sites excluding steroid dienone is 6. The molecular weight excluding hydrogens is 942 g/mol. The largest absolute Gasteiger partial charge is 0.472 e. The Balaban J connectivity index is 3.91. The number of likely N-dealkylation sites (N-methyl/N-ethyl adjacent to an activating group) is 1. The summed E-state index contributed by atoms with van der Waals surface area (Å²) in [5.74, 6) is -0.781. The molecule has 74 heavy (non-hydrogen) atoms. The van der Waals surface area contributed by atoms with Crippen LogP contribution in [0.1, 0.15) is 309 Å². The van der Waals surface area contributed by atoms with Gasteiger partial charge in [0.05, 0.1) is 27.7 Å². The highest BCUT2D eigenvalue weighted by molar-refractivity contribution is 7.47. The Morgan fingerprint density at radius 3 is 1.08 bits per heavy atom. The molecule has 0 saturated carbocycles. The zero-order valence-corrected chi connectivity index (χ0v) is 50.5. The van der Waals surface area contributed by atoms with Gasteiger partial charge in [0.1, 0.15) is 19.8 Å². The van der Waals surface area contributed by atoms with Crippen LogP contribution < -0.4 is 0 Å². The molecule has 0 aliphatic rings. The fourth-order valence-electron chi connectivity index (χ4n) is 9.26. The van der Waals surface area contributed by atoms with Crippen molar-refractivity contribution < 1.29 is 42.1 Å². The predicted molar refractivity (Wildman–Crippen MR) is 317 cm³/mol. The van der Waals surface area contributed by atoms with Crippen LogP contribution in [-0.4, -0.2) is 74.9 Å². The fourth-order valence-corrected chi connectivity index (χ4v) is 10.0. The van der Waals surface area contributed by atoms with Crippen LogP contribution in [0.4, 0.5) is 0 Å². The summed E-state index contributed by atoms with van der Waals surface area (Å²) in [6.45, 7) is 4.46. The number of phosphoric ester groups is 1. The average molecular weight is 1070 g/mol. The summed E-state index contributed by atoms with van der Waals surface area (Å²) in [5.41, 5.74) is 0. The molecule has 0 aliphatic carbocycles. The molecule has 9 nitrogen and oxygen atoms in total. The van der Waals surface area contributed by atoms with Crippen LogP contribution in [0.2, 0.25) is 0 Å². The van der Waals surface area contributed by atoms with Gasteiger partial charge in [-0.2, -0.15) is 0 Å². The van der Waals surface area contributed by atoms with Crippen molar-refractivity contribution in [1.82, 2.24) is 0 Å². The number of hydrogen-bond donors (Lipinski definition) is 1. The van der Waals surface area contributed by atoms with E-state index in [1.54, 1.807) is 0 Å². The van der Waals surface area contributed by atoms with Crippen molar-refractivity contribution in [2.24, 2.45) is 0 Å². The molecule has 0 spiro atoms. The molecule has 0 aliphatic heterocycles. The summed E-state index contributed by atoms with van der Waals surface area (Å²) >= 11 is 0. The predicted octanol–water partition coefficient (Wildman–Crippen LogP) is 19.9. The molecule has 2 atom stereocenters. The number of nitrogens with zero attached hydrogens (tertiary/aromatic N) is 1. The number of phosphoric acid groups is 1. The molecule has 436 valence electrons. The number of unbranched alkanes of at least 4 members (excludes halogenated alkanes) is 39. The number of carbonyl (C=O) groups excluding carboxylic acids is 2. The van der Waals surface area contributed by atoms with Crippen LogP contribution in [0.3, 0.4) is 0 Å². The first-order valence-corrected chi connectivity index (χ1v) is 33.2. The van der Waals surface area contributed by atoms with Gasteiger partial charge in [-0.15, -0.1) is 0 Å². The molecule has 0 saturated heterocycles. The zero-order chi connectivity index (χ0) is 54.2. The normalized spacial score (nSPS) is 13.4. The standard InChI is InChI=1S/C64H122NO8P/c1-6-8-10-12-14-16-18-20-21-22-23-24-25-26-27-28-29-30-31-32-33-34-35-36-37-38-39-40-41-42-43-45-47-49-51-53-55-57-64(67)73-62(61-72-74(68,69)71-59-58-65(3,4)5)60-70-63(66)56-54-52-50-48-46-44-19-17-15-13-11-9-7-2/h18,20,22-23,25-26,62H,6-17,19,21,24,27-61H2,1-5H3/p+1/b20-18-,23-22-,26-25-. The fraction of sp³-hybridized carbons (Fsp3) is 0.875. The Kier molecular flexibility index (Phi) is 54.6. The van der Waals surface area contributed by atoms with Crippen LogP contribution in [-0.2, 0) is 32.7 Å². The molecule has 0 aromatic heterocycles. The minimum atomic E-state index is -4.38. The third-order valence-corrected chi connectivity index (χ3v) is 15.2. The first-order chi connectivity index (χ1) is 36.0. The SMILES string of the molecule is CCCCCCC/C=C\C/C=C\C/C=C\CCCCCCCCCCCCCCCCCCCCCCCCC(=O)OC(COC(=O)CCCCCCCCCCCCCCC)COP(=O)(O)OCC[N+](C)(C)C. The van der Waals surface area contributed by atoms with Gasteiger partial charge < -0.3 is 18.9 Å². The Hall–Kier alpha value is -1.77. The number of ether oxygens (including phenoxy) is 2. The summed E-state index contributed by atoms with van der Waals surface area (Å²) in [6, 6.07) is 0. The molecule has 10 heteroatoms. The first-order valence-electron chi connectivity index (χ1n) is 31.7. The van der Waals surface area contributed by atoms with E-state index < -0.39 is 26.5 Å². The number of hydrogen-bond acceptors (Lipinski definition) is 7. The van der Waals surface area contributed by atoms with E-state index in [1.807, 2.05) is 21.1 Å². The van der Waals surface area contributed by atoms with E-state index >= 15 is 0 Å². The molecule has 0 radical (unpaired) electrons. The van der Waals surface area contributed by atoms with Crippen LogP contribution in [0.25, 0.3) is 0 Å². The second kappa shape index (κ2) is 56.0. The Morgan fingerprint density at radius 1 is 0.419 bits per heavy atom. The van der Waals surface area contributed by atoms with Crippen LogP contribution in [0, 0.1) is 0 Å². The van der Waals surface area contributed by atoms with E-state index in [1.165, 1.54) is 231 Å². The Bertz CT molecular complexity index is 1340. The monoisotopic (exact) mass is 1060 g/mol. The van der Waals surface area contributed by atoms with Crippen LogP contribution >= 0.6 is 7.82 Å². The van der Waals surface area contributed by atoms with Gasteiger partial charge in [0.2, 0.25) is 0 Å². The molecule has 0 heterocycles. The quantitative estimate of drug-likeness (QED) is 0.0211. The zero-order valence-electron chi connectivity index (χ0n) is 49.6. The molecule has 0 rings (SSSR count). The summed E-state index contributed by atoms with van der Waals surface area (Å²) in [7, 11) is 1.49. The maximum absolute atomic E-state index is 12.8. The molecule has 0 amide bonds. The van der Waals surface area contributed by atoms with Crippen molar-refractivity contribution >= 4 is 19.8 Å². The number of quaternary nitrogens is 1. The third kappa shape index (κ3) is 59.5. The third-order valence-electron chi connectivity index (χ3n) is 14.2. The first kappa shape index (κ1) is 72.2. The lowest BCUT2D eigenvalue weighted by molar-refractivity contribution is -0.870. The van der Waals surface area contributed by atoms with E-state index in [-0.39, 0.29) is 25.6 Å². The molecule has 0 aromatic carbocycles. The minimum Gasteiger partial charge on any atom is -0.462 e. The van der Waals surface area contributed by atoms with Crippen LogP contribution in [0.15, 0.2) is 36.5 Å². The van der Waals surface area contributed by atoms with Crippen molar-refractivity contribution in [2.45, 2.75) is 315 Å². The summed E-state index contributed by atoms with van der Waals surface area (Å²) in [5, 5.41) is 0. The van der Waals surface area contributed by atoms with E-state index in [4.69, 9.17) is 18.5 Å². The molecule has 1 N–H and O–H groups in total. The van der Waals surface area contributed by atoms with Crippen LogP contribution in [0.5, 0.6) is 0 Å². The van der Waals surface area contributed by atoms with Crippen molar-refractivity contribution in [2.75, 3.05) is 47.5 Å². The smallest absolute Gasteiger partial charge is 0.462 e. The topological polar surface area (TPSA) is 108 Å². The Labute approximate surface area is 459 Å². The number of rotatable bonds is 59. The van der Waals surface area contributed by atoms with Crippen molar-refractivity contribution in [3.63, 3.8) is 0 Å². The molecule has 2 unspecified atom stereocenters. The maximum Gasteiger partial charge on any atom is 0.472 e. The summed E-state index contributed by atoms with van der Waals surface area (Å²) < 4.78 is 34.6. The molecule has 0 aromatic rings. The maximum atomic E-state index is 12.8. The van der Waals surface area contributed by atoms with Gasteiger partial charge in [0.15, 0.2) is 6.10 Å².